The van der Waals surface area contributed by atoms with E-state index in [1.165, 1.54) is 12.2 Å². The molecule has 0 radical (unpaired) electrons. The molecule has 0 atom stereocenters. The summed E-state index contributed by atoms with van der Waals surface area (Å²) < 4.78 is 32.2. The van der Waals surface area contributed by atoms with Crippen LogP contribution in [-0.4, -0.2) is 13.3 Å². The van der Waals surface area contributed by atoms with Crippen LogP contribution in [0.2, 0.25) is 0 Å². The highest BCUT2D eigenvalue weighted by molar-refractivity contribution is 7.92. The number of rotatable bonds is 7. The maximum Gasteiger partial charge on any atom is 0.248 e. The third-order valence-corrected chi connectivity index (χ3v) is 13.6. The molecule has 0 saturated carbocycles. The first-order valence-corrected chi connectivity index (χ1v) is 15.6. The molecule has 0 fully saturated rings. The van der Waals surface area contributed by atoms with Crippen molar-refractivity contribution in [1.82, 2.24) is 0 Å². The summed E-state index contributed by atoms with van der Waals surface area (Å²) in [4.78, 5) is 0. The van der Waals surface area contributed by atoms with Crippen molar-refractivity contribution in [3.8, 4) is 0 Å². The highest BCUT2D eigenvalue weighted by atomic mass is 31.2. The van der Waals surface area contributed by atoms with Crippen molar-refractivity contribution < 1.29 is 8.78 Å². The molecule has 0 heterocycles. The number of benzene rings is 4. The van der Waals surface area contributed by atoms with Gasteiger partial charge in [-0.25, -0.2) is 0 Å². The average molecular weight is 488 g/mol. The summed E-state index contributed by atoms with van der Waals surface area (Å²) in [5, 5.41) is 3.69. The van der Waals surface area contributed by atoms with Gasteiger partial charge in [0.25, 0.3) is 0 Å². The molecular weight excluding hydrogens is 460 g/mol. The van der Waals surface area contributed by atoms with Crippen LogP contribution < -0.4 is 21.2 Å². The quantitative estimate of drug-likeness (QED) is 0.191. The van der Waals surface area contributed by atoms with E-state index in [-0.39, 0.29) is 11.1 Å². The van der Waals surface area contributed by atoms with E-state index >= 15 is 8.78 Å². The Hall–Kier alpha value is -2.92. The Morgan fingerprint density at radius 3 is 0.853 bits per heavy atom. The molecule has 0 unspecified atom stereocenters. The van der Waals surface area contributed by atoms with Gasteiger partial charge >= 0.3 is 0 Å². The van der Waals surface area contributed by atoms with E-state index in [1.54, 1.807) is 0 Å². The first kappa shape index (κ1) is 24.2. The Morgan fingerprint density at radius 2 is 0.647 bits per heavy atom. The standard InChI is InChI=1S/C30H28F2P2/c1-33(25-15-7-3-8-16-25,26-17-9-4-10-18-26)29(31)23-24-30(32)34(2,27-19-11-5-12-20-27)28-21-13-6-14-22-28/h3-24H,1-2H3/q+2/b29-23+,30-24+. The van der Waals surface area contributed by atoms with Crippen molar-refractivity contribution in [2.24, 2.45) is 0 Å². The van der Waals surface area contributed by atoms with Gasteiger partial charge in [-0.3, -0.25) is 0 Å². The molecule has 170 valence electrons. The largest absolute Gasteiger partial charge is 0.248 e. The van der Waals surface area contributed by atoms with Gasteiger partial charge in [0.15, 0.2) is 0 Å². The van der Waals surface area contributed by atoms with E-state index in [0.29, 0.717) is 0 Å². The fourth-order valence-electron chi connectivity index (χ4n) is 4.13. The molecule has 0 N–H and O–H groups in total. The normalized spacial score (nSPS) is 13.1. The molecule has 0 saturated heterocycles. The second-order valence-electron chi connectivity index (χ2n) is 8.33. The topological polar surface area (TPSA) is 0 Å². The van der Waals surface area contributed by atoms with Crippen molar-refractivity contribution in [2.45, 2.75) is 0 Å². The Kier molecular flexibility index (Phi) is 7.52. The van der Waals surface area contributed by atoms with Crippen molar-refractivity contribution in [3.05, 3.63) is 145 Å². The minimum Gasteiger partial charge on any atom is -0.164 e. The molecule has 0 bridgehead atoms. The lowest BCUT2D eigenvalue weighted by atomic mass is 10.4. The van der Waals surface area contributed by atoms with Crippen LogP contribution in [0.4, 0.5) is 8.78 Å². The lowest BCUT2D eigenvalue weighted by Gasteiger charge is -2.21. The smallest absolute Gasteiger partial charge is 0.164 e. The second kappa shape index (κ2) is 10.6. The molecule has 0 nitrogen and oxygen atoms in total. The predicted octanol–water partition coefficient (Wildman–Crippen LogP) is 7.21. The van der Waals surface area contributed by atoms with E-state index in [4.69, 9.17) is 0 Å². The van der Waals surface area contributed by atoms with Crippen molar-refractivity contribution in [2.75, 3.05) is 13.3 Å². The van der Waals surface area contributed by atoms with E-state index < -0.39 is 14.5 Å². The van der Waals surface area contributed by atoms with Crippen LogP contribution in [-0.2, 0) is 0 Å². The molecule has 0 aliphatic carbocycles. The van der Waals surface area contributed by atoms with Gasteiger partial charge in [-0.15, -0.1) is 0 Å². The summed E-state index contributed by atoms with van der Waals surface area (Å²) in [6.45, 7) is 3.91. The third-order valence-electron chi connectivity index (χ3n) is 6.30. The Labute approximate surface area is 202 Å². The Balaban J connectivity index is 1.83. The third kappa shape index (κ3) is 4.67. The van der Waals surface area contributed by atoms with E-state index in [1.807, 2.05) is 135 Å². The monoisotopic (exact) mass is 488 g/mol. The number of hydrogen-bond donors (Lipinski definition) is 0. The van der Waals surface area contributed by atoms with Gasteiger partial charge in [-0.1, -0.05) is 72.8 Å². The molecule has 4 rings (SSSR count). The van der Waals surface area contributed by atoms with Crippen LogP contribution in [0.3, 0.4) is 0 Å². The van der Waals surface area contributed by atoms with Gasteiger partial charge in [0, 0.05) is 12.2 Å². The molecule has 4 aromatic rings. The van der Waals surface area contributed by atoms with E-state index in [9.17, 15) is 0 Å². The second-order valence-corrected chi connectivity index (χ2v) is 15.3. The molecule has 34 heavy (non-hydrogen) atoms. The molecule has 4 aromatic carbocycles. The van der Waals surface area contributed by atoms with Crippen molar-refractivity contribution in [1.29, 1.82) is 0 Å². The average Bonchev–Trinajstić information content (AvgIpc) is 2.92. The molecule has 0 aliphatic heterocycles. The van der Waals surface area contributed by atoms with Crippen LogP contribution in [0.25, 0.3) is 0 Å². The molecular formula is C30H28F2P2+2. The zero-order chi connectivity index (χ0) is 24.0. The summed E-state index contributed by atoms with van der Waals surface area (Å²) >= 11 is 0. The Morgan fingerprint density at radius 1 is 0.441 bits per heavy atom. The van der Waals surface area contributed by atoms with Gasteiger partial charge in [0.05, 0.1) is 13.3 Å². The maximum absolute atomic E-state index is 16.1. The molecule has 4 heteroatoms. The highest BCUT2D eigenvalue weighted by Gasteiger charge is 2.45. The minimum atomic E-state index is -2.52. The van der Waals surface area contributed by atoms with Crippen LogP contribution in [0.5, 0.6) is 0 Å². The molecule has 0 spiro atoms. The SMILES string of the molecule is C[P+](/C(F)=C/C=C(\F)[P+](C)(c1ccccc1)c1ccccc1)(c1ccccc1)c1ccccc1. The van der Waals surface area contributed by atoms with Crippen LogP contribution >= 0.6 is 14.5 Å². The lowest BCUT2D eigenvalue weighted by Crippen LogP contribution is -2.22. The summed E-state index contributed by atoms with van der Waals surface area (Å²) in [6, 6.07) is 38.8. The molecule has 0 aliphatic rings. The predicted molar refractivity (Wildman–Crippen MR) is 148 cm³/mol. The summed E-state index contributed by atoms with van der Waals surface area (Å²) in [7, 11) is -5.04. The number of hydrogen-bond acceptors (Lipinski definition) is 0. The first-order valence-electron chi connectivity index (χ1n) is 11.2. The maximum atomic E-state index is 16.1. The van der Waals surface area contributed by atoms with Crippen molar-refractivity contribution >= 4 is 35.7 Å². The van der Waals surface area contributed by atoms with Gasteiger partial charge in [0.1, 0.15) is 35.7 Å². The number of allylic oxidation sites excluding steroid dienone is 2. The van der Waals surface area contributed by atoms with Gasteiger partial charge in [-0.2, -0.15) is 8.78 Å². The zero-order valence-corrected chi connectivity index (χ0v) is 21.1. The van der Waals surface area contributed by atoms with Gasteiger partial charge in [0.2, 0.25) is 11.1 Å². The van der Waals surface area contributed by atoms with Crippen LogP contribution in [0.15, 0.2) is 145 Å². The summed E-state index contributed by atoms with van der Waals surface area (Å²) in [5.74, 6) is 0. The highest BCUT2D eigenvalue weighted by Crippen LogP contribution is 2.63. The van der Waals surface area contributed by atoms with Gasteiger partial charge < -0.3 is 0 Å². The zero-order valence-electron chi connectivity index (χ0n) is 19.4. The van der Waals surface area contributed by atoms with E-state index in [0.717, 1.165) is 21.2 Å². The lowest BCUT2D eigenvalue weighted by molar-refractivity contribution is 0.684. The van der Waals surface area contributed by atoms with Crippen molar-refractivity contribution in [3.63, 3.8) is 0 Å². The fraction of sp³-hybridized carbons (Fsp3) is 0.0667. The minimum absolute atomic E-state index is 0.298. The Bertz CT molecular complexity index is 1090. The molecule has 0 amide bonds. The van der Waals surface area contributed by atoms with Crippen LogP contribution in [0, 0.1) is 0 Å². The molecule has 0 aromatic heterocycles. The summed E-state index contributed by atoms with van der Waals surface area (Å²) in [5.41, 5.74) is -0.597. The summed E-state index contributed by atoms with van der Waals surface area (Å²) in [6.07, 6.45) is 2.71. The van der Waals surface area contributed by atoms with E-state index in [2.05, 4.69) is 0 Å². The van der Waals surface area contributed by atoms with Crippen LogP contribution in [0.1, 0.15) is 0 Å². The number of halogens is 2. The first-order chi connectivity index (χ1) is 16.5. The van der Waals surface area contributed by atoms with Gasteiger partial charge in [-0.05, 0) is 48.5 Å². The fourth-order valence-corrected chi connectivity index (χ4v) is 9.53.